The first-order chi connectivity index (χ1) is 14.9. The van der Waals surface area contributed by atoms with Gasteiger partial charge in [0.25, 0.3) is 0 Å². The van der Waals surface area contributed by atoms with Crippen molar-refractivity contribution in [1.82, 2.24) is 9.97 Å². The molecule has 0 bridgehead atoms. The van der Waals surface area contributed by atoms with Gasteiger partial charge in [0, 0.05) is 34.3 Å². The van der Waals surface area contributed by atoms with Crippen LogP contribution in [-0.4, -0.2) is 9.97 Å². The zero-order valence-electron chi connectivity index (χ0n) is 16.1. The molecule has 0 radical (unpaired) electrons. The molecule has 0 N–H and O–H groups in total. The Kier molecular flexibility index (Phi) is 5.34. The summed E-state index contributed by atoms with van der Waals surface area (Å²) < 4.78 is 0. The lowest BCUT2D eigenvalue weighted by Gasteiger charge is -1.85. The maximum Gasteiger partial charge on any atom is 0.123 e. The molecule has 2 nitrogen and oxygen atoms in total. The van der Waals surface area contributed by atoms with E-state index in [0.717, 1.165) is 10.0 Å². The van der Waals surface area contributed by atoms with Gasteiger partial charge in [-0.25, -0.2) is 9.97 Å². The molecule has 0 unspecified atom stereocenters. The SMILES string of the molecule is c1ccc2cc(-c3nccs3)cc-2cc1.c1ccc2cc(-c3nccs3)cc-2cc1. The van der Waals surface area contributed by atoms with E-state index in [-0.39, 0.29) is 0 Å². The molecule has 144 valence electrons. The highest BCUT2D eigenvalue weighted by Crippen LogP contribution is 2.33. The van der Waals surface area contributed by atoms with E-state index in [4.69, 9.17) is 0 Å². The summed E-state index contributed by atoms with van der Waals surface area (Å²) in [6.07, 6.45) is 3.69. The van der Waals surface area contributed by atoms with Gasteiger partial charge in [-0.05, 0) is 46.5 Å². The summed E-state index contributed by atoms with van der Waals surface area (Å²) >= 11 is 3.36. The van der Waals surface area contributed by atoms with Crippen molar-refractivity contribution in [3.63, 3.8) is 0 Å². The van der Waals surface area contributed by atoms with Gasteiger partial charge in [-0.15, -0.1) is 22.7 Å². The van der Waals surface area contributed by atoms with Crippen molar-refractivity contribution in [3.05, 3.63) is 108 Å². The number of fused-ring (bicyclic) bond motifs is 2. The summed E-state index contributed by atoms with van der Waals surface area (Å²) in [6, 6.07) is 29.6. The molecule has 30 heavy (non-hydrogen) atoms. The molecule has 2 aromatic heterocycles. The van der Waals surface area contributed by atoms with Crippen LogP contribution in [0.5, 0.6) is 0 Å². The molecule has 4 aliphatic carbocycles. The maximum absolute atomic E-state index is 4.32. The summed E-state index contributed by atoms with van der Waals surface area (Å²) in [4.78, 5) is 8.63. The molecule has 0 amide bonds. The summed E-state index contributed by atoms with van der Waals surface area (Å²) in [5.74, 6) is 0. The minimum atomic E-state index is 1.09. The molecule has 4 heteroatoms. The van der Waals surface area contributed by atoms with Gasteiger partial charge in [-0.1, -0.05) is 60.7 Å². The molecule has 2 heterocycles. The smallest absolute Gasteiger partial charge is 0.123 e. The van der Waals surface area contributed by atoms with Gasteiger partial charge >= 0.3 is 0 Å². The molecule has 0 spiro atoms. The second-order valence-corrected chi connectivity index (χ2v) is 8.59. The van der Waals surface area contributed by atoms with Crippen LogP contribution in [0, 0.1) is 0 Å². The molecule has 0 aromatic carbocycles. The van der Waals surface area contributed by atoms with E-state index in [1.165, 1.54) is 33.4 Å². The Morgan fingerprint density at radius 3 is 1.10 bits per heavy atom. The van der Waals surface area contributed by atoms with Gasteiger partial charge in [0.2, 0.25) is 0 Å². The number of nitrogens with zero attached hydrogens (tertiary/aromatic N) is 2. The predicted octanol–water partition coefficient (Wildman–Crippen LogP) is 7.83. The van der Waals surface area contributed by atoms with Crippen molar-refractivity contribution in [2.45, 2.75) is 0 Å². The zero-order chi connectivity index (χ0) is 20.2. The van der Waals surface area contributed by atoms with E-state index in [0.29, 0.717) is 0 Å². The summed E-state index contributed by atoms with van der Waals surface area (Å²) in [5.41, 5.74) is 7.50. The van der Waals surface area contributed by atoms with E-state index in [1.54, 1.807) is 22.7 Å². The highest BCUT2D eigenvalue weighted by Gasteiger charge is 2.08. The number of hydrogen-bond acceptors (Lipinski definition) is 4. The van der Waals surface area contributed by atoms with Gasteiger partial charge < -0.3 is 0 Å². The van der Waals surface area contributed by atoms with Gasteiger partial charge in [-0.2, -0.15) is 0 Å². The third-order valence-electron chi connectivity index (χ3n) is 4.82. The number of rotatable bonds is 2. The standard InChI is InChI=1S/2C13H9NS/c2*1-2-4-10-8-12(9-11(10)5-3-1)13-14-6-7-15-13/h2*1-9H. The van der Waals surface area contributed by atoms with E-state index in [2.05, 4.69) is 82.8 Å². The number of hydrogen-bond donors (Lipinski definition) is 0. The van der Waals surface area contributed by atoms with Crippen molar-refractivity contribution in [2.24, 2.45) is 0 Å². The van der Waals surface area contributed by atoms with E-state index in [9.17, 15) is 0 Å². The molecule has 4 aliphatic rings. The lowest BCUT2D eigenvalue weighted by atomic mass is 10.2. The first-order valence-electron chi connectivity index (χ1n) is 9.64. The Balaban J connectivity index is 0.000000128. The molecule has 2 aromatic rings. The minimum absolute atomic E-state index is 1.09. The van der Waals surface area contributed by atoms with Crippen LogP contribution in [0.2, 0.25) is 0 Å². The van der Waals surface area contributed by atoms with Gasteiger partial charge in [0.15, 0.2) is 0 Å². The number of thiazole rings is 2. The molecule has 6 rings (SSSR count). The average Bonchev–Trinajstić information content (AvgIpc) is 3.54. The highest BCUT2D eigenvalue weighted by atomic mass is 32.1. The van der Waals surface area contributed by atoms with E-state index < -0.39 is 0 Å². The summed E-state index contributed by atoms with van der Waals surface area (Å²) in [7, 11) is 0. The maximum atomic E-state index is 4.32. The molecular weight excluding hydrogens is 404 g/mol. The van der Waals surface area contributed by atoms with Crippen molar-refractivity contribution in [2.75, 3.05) is 0 Å². The second kappa shape index (κ2) is 8.57. The molecule has 0 fully saturated rings. The molecule has 0 saturated heterocycles. The fourth-order valence-corrected chi connectivity index (χ4v) is 4.66. The van der Waals surface area contributed by atoms with Crippen LogP contribution in [0.25, 0.3) is 43.4 Å². The fourth-order valence-electron chi connectivity index (χ4n) is 3.41. The minimum Gasteiger partial charge on any atom is -0.245 e. The van der Waals surface area contributed by atoms with Crippen LogP contribution in [0.3, 0.4) is 0 Å². The molecule has 0 atom stereocenters. The van der Waals surface area contributed by atoms with Crippen LogP contribution < -0.4 is 0 Å². The first-order valence-corrected chi connectivity index (χ1v) is 11.4. The van der Waals surface area contributed by atoms with E-state index >= 15 is 0 Å². The largest absolute Gasteiger partial charge is 0.245 e. The fraction of sp³-hybridized carbons (Fsp3) is 0. The average molecular weight is 423 g/mol. The normalized spacial score (nSPS) is 10.7. The summed E-state index contributed by atoms with van der Waals surface area (Å²) in [6.45, 7) is 0. The Labute approximate surface area is 183 Å². The Hall–Kier alpha value is -3.34. The van der Waals surface area contributed by atoms with Gasteiger partial charge in [0.05, 0.1) is 0 Å². The van der Waals surface area contributed by atoms with E-state index in [1.807, 2.05) is 35.3 Å². The van der Waals surface area contributed by atoms with Crippen LogP contribution in [0.15, 0.2) is 108 Å². The Bertz CT molecular complexity index is 1130. The van der Waals surface area contributed by atoms with Crippen LogP contribution in [0.4, 0.5) is 0 Å². The lowest BCUT2D eigenvalue weighted by Crippen LogP contribution is -1.66. The van der Waals surface area contributed by atoms with Crippen molar-refractivity contribution in [1.29, 1.82) is 0 Å². The van der Waals surface area contributed by atoms with Gasteiger partial charge in [0.1, 0.15) is 10.0 Å². The van der Waals surface area contributed by atoms with Crippen molar-refractivity contribution < 1.29 is 0 Å². The lowest BCUT2D eigenvalue weighted by molar-refractivity contribution is 1.42. The van der Waals surface area contributed by atoms with Crippen molar-refractivity contribution in [3.8, 4) is 43.4 Å². The monoisotopic (exact) mass is 422 g/mol. The third-order valence-corrected chi connectivity index (χ3v) is 6.46. The van der Waals surface area contributed by atoms with Crippen LogP contribution in [0.1, 0.15) is 0 Å². The van der Waals surface area contributed by atoms with Crippen LogP contribution >= 0.6 is 22.7 Å². The Morgan fingerprint density at radius 2 is 0.800 bits per heavy atom. The third kappa shape index (κ3) is 4.01. The first kappa shape index (κ1) is 18.7. The van der Waals surface area contributed by atoms with Crippen molar-refractivity contribution >= 4 is 22.7 Å². The van der Waals surface area contributed by atoms with Gasteiger partial charge in [-0.3, -0.25) is 0 Å². The zero-order valence-corrected chi connectivity index (χ0v) is 17.7. The quantitative estimate of drug-likeness (QED) is 0.284. The summed E-state index contributed by atoms with van der Waals surface area (Å²) in [5, 5.41) is 6.20. The molecule has 0 aliphatic heterocycles. The molecular formula is C26H18N2S2. The number of aromatic nitrogens is 2. The highest BCUT2D eigenvalue weighted by molar-refractivity contribution is 7.13. The molecule has 0 saturated carbocycles. The second-order valence-electron chi connectivity index (χ2n) is 6.81. The topological polar surface area (TPSA) is 25.8 Å². The van der Waals surface area contributed by atoms with Crippen LogP contribution in [-0.2, 0) is 0 Å². The predicted molar refractivity (Wildman–Crippen MR) is 128 cm³/mol. The Morgan fingerprint density at radius 1 is 0.433 bits per heavy atom.